The first-order valence-electron chi connectivity index (χ1n) is 9.14. The predicted molar refractivity (Wildman–Crippen MR) is 103 cm³/mol. The normalized spacial score (nSPS) is 17.5. The van der Waals surface area contributed by atoms with Crippen LogP contribution in [0.4, 0.5) is 11.4 Å². The van der Waals surface area contributed by atoms with Crippen LogP contribution in [0.2, 0.25) is 0 Å². The molecule has 1 radical (unpaired) electrons. The molecule has 0 aliphatic carbocycles. The molecule has 0 atom stereocenters. The lowest BCUT2D eigenvalue weighted by atomic mass is 9.99. The highest BCUT2D eigenvalue weighted by Gasteiger charge is 2.14. The van der Waals surface area contributed by atoms with Gasteiger partial charge in [-0.1, -0.05) is 30.8 Å². The van der Waals surface area contributed by atoms with E-state index in [1.54, 1.807) is 0 Å². The molecular formula is C22H25N2. The van der Waals surface area contributed by atoms with Crippen LogP contribution in [0.1, 0.15) is 36.8 Å². The van der Waals surface area contributed by atoms with Gasteiger partial charge in [-0.2, -0.15) is 0 Å². The summed E-state index contributed by atoms with van der Waals surface area (Å²) in [4.78, 5) is 4.90. The van der Waals surface area contributed by atoms with Gasteiger partial charge >= 0.3 is 0 Å². The Morgan fingerprint density at radius 3 is 1.25 bits per heavy atom. The van der Waals surface area contributed by atoms with Gasteiger partial charge in [-0.3, -0.25) is 0 Å². The van der Waals surface area contributed by atoms with E-state index in [-0.39, 0.29) is 0 Å². The molecule has 2 heterocycles. The Labute approximate surface area is 145 Å². The molecule has 24 heavy (non-hydrogen) atoms. The Bertz CT molecular complexity index is 626. The van der Waals surface area contributed by atoms with E-state index in [1.807, 2.05) is 0 Å². The van der Waals surface area contributed by atoms with Gasteiger partial charge in [-0.15, -0.1) is 0 Å². The van der Waals surface area contributed by atoms with Crippen LogP contribution in [-0.2, 0) is 0 Å². The summed E-state index contributed by atoms with van der Waals surface area (Å²) >= 11 is 0. The SMILES string of the molecule is [CH]=C(c1ccc(N2CCCC2)cc1)c1ccc(N2CCCC2)cc1. The first-order chi connectivity index (χ1) is 11.8. The Morgan fingerprint density at radius 1 is 0.583 bits per heavy atom. The van der Waals surface area contributed by atoms with E-state index in [9.17, 15) is 0 Å². The second-order valence-electron chi connectivity index (χ2n) is 6.90. The number of nitrogens with zero attached hydrogens (tertiary/aromatic N) is 2. The summed E-state index contributed by atoms with van der Waals surface area (Å²) in [5.41, 5.74) is 5.69. The largest absolute Gasteiger partial charge is 0.372 e. The van der Waals surface area contributed by atoms with Gasteiger partial charge in [0.25, 0.3) is 0 Å². The van der Waals surface area contributed by atoms with Gasteiger partial charge in [0.05, 0.1) is 0 Å². The van der Waals surface area contributed by atoms with Crippen molar-refractivity contribution in [1.82, 2.24) is 0 Å². The van der Waals surface area contributed by atoms with Crippen LogP contribution in [0.5, 0.6) is 0 Å². The zero-order valence-corrected chi connectivity index (χ0v) is 14.2. The zero-order valence-electron chi connectivity index (χ0n) is 14.2. The molecule has 0 N–H and O–H groups in total. The van der Waals surface area contributed by atoms with Gasteiger partial charge in [0.1, 0.15) is 0 Å². The summed E-state index contributed by atoms with van der Waals surface area (Å²) in [7, 11) is 0. The molecular weight excluding hydrogens is 292 g/mol. The Hall–Kier alpha value is -2.22. The molecule has 2 nitrogen and oxygen atoms in total. The quantitative estimate of drug-likeness (QED) is 0.803. The number of hydrogen-bond donors (Lipinski definition) is 0. The van der Waals surface area contributed by atoms with Crippen molar-refractivity contribution in [2.45, 2.75) is 25.7 Å². The zero-order chi connectivity index (χ0) is 16.4. The maximum absolute atomic E-state index is 6.41. The fourth-order valence-corrected chi connectivity index (χ4v) is 3.82. The molecule has 4 rings (SSSR count). The molecule has 2 fully saturated rings. The maximum atomic E-state index is 6.41. The van der Waals surface area contributed by atoms with Crippen molar-refractivity contribution in [1.29, 1.82) is 0 Å². The Balaban J connectivity index is 1.48. The molecule has 0 aromatic heterocycles. The third kappa shape index (κ3) is 3.06. The molecule has 0 bridgehead atoms. The van der Waals surface area contributed by atoms with Crippen molar-refractivity contribution in [3.05, 3.63) is 66.2 Å². The Morgan fingerprint density at radius 2 is 0.917 bits per heavy atom. The highest BCUT2D eigenvalue weighted by molar-refractivity contribution is 5.78. The average molecular weight is 317 g/mol. The molecule has 0 unspecified atom stereocenters. The minimum absolute atomic E-state index is 0.857. The molecule has 2 heteroatoms. The van der Waals surface area contributed by atoms with Gasteiger partial charge in [-0.25, -0.2) is 0 Å². The number of rotatable bonds is 4. The smallest absolute Gasteiger partial charge is 0.0366 e. The van der Waals surface area contributed by atoms with E-state index in [0.717, 1.165) is 16.7 Å². The second-order valence-corrected chi connectivity index (χ2v) is 6.90. The van der Waals surface area contributed by atoms with E-state index in [4.69, 9.17) is 6.58 Å². The van der Waals surface area contributed by atoms with Crippen molar-refractivity contribution in [3.8, 4) is 0 Å². The minimum atomic E-state index is 0.857. The molecule has 123 valence electrons. The molecule has 2 aliphatic rings. The van der Waals surface area contributed by atoms with Crippen LogP contribution in [-0.4, -0.2) is 26.2 Å². The molecule has 0 spiro atoms. The van der Waals surface area contributed by atoms with Crippen LogP contribution >= 0.6 is 0 Å². The maximum Gasteiger partial charge on any atom is 0.0366 e. The van der Waals surface area contributed by atoms with E-state index in [2.05, 4.69) is 58.3 Å². The summed E-state index contributed by atoms with van der Waals surface area (Å²) in [6.07, 6.45) is 5.22. The van der Waals surface area contributed by atoms with Crippen molar-refractivity contribution in [2.75, 3.05) is 36.0 Å². The molecule has 2 aliphatic heterocycles. The van der Waals surface area contributed by atoms with Crippen LogP contribution < -0.4 is 9.80 Å². The topological polar surface area (TPSA) is 6.48 Å². The summed E-state index contributed by atoms with van der Waals surface area (Å²) in [6.45, 7) is 11.1. The van der Waals surface area contributed by atoms with Gasteiger partial charge < -0.3 is 9.80 Å². The summed E-state index contributed by atoms with van der Waals surface area (Å²) in [5, 5.41) is 0. The predicted octanol–water partition coefficient (Wildman–Crippen LogP) is 4.75. The van der Waals surface area contributed by atoms with Crippen molar-refractivity contribution in [3.63, 3.8) is 0 Å². The van der Waals surface area contributed by atoms with Crippen LogP contribution in [0, 0.1) is 6.58 Å². The van der Waals surface area contributed by atoms with Crippen LogP contribution in [0.3, 0.4) is 0 Å². The van der Waals surface area contributed by atoms with Gasteiger partial charge in [0.2, 0.25) is 0 Å². The molecule has 2 aromatic rings. The lowest BCUT2D eigenvalue weighted by molar-refractivity contribution is 0.949. The molecule has 2 aromatic carbocycles. The van der Waals surface area contributed by atoms with E-state index in [1.165, 1.54) is 63.2 Å². The van der Waals surface area contributed by atoms with Crippen molar-refractivity contribution in [2.24, 2.45) is 0 Å². The molecule has 2 saturated heterocycles. The van der Waals surface area contributed by atoms with Crippen molar-refractivity contribution >= 4 is 16.9 Å². The second kappa shape index (κ2) is 6.72. The molecule has 0 amide bonds. The summed E-state index contributed by atoms with van der Waals surface area (Å²) < 4.78 is 0. The lowest BCUT2D eigenvalue weighted by Crippen LogP contribution is -2.17. The van der Waals surface area contributed by atoms with Gasteiger partial charge in [0.15, 0.2) is 0 Å². The Kier molecular flexibility index (Phi) is 4.29. The van der Waals surface area contributed by atoms with Crippen LogP contribution in [0.15, 0.2) is 48.5 Å². The third-order valence-electron chi connectivity index (χ3n) is 5.30. The fraction of sp³-hybridized carbons (Fsp3) is 0.364. The summed E-state index contributed by atoms with van der Waals surface area (Å²) in [6, 6.07) is 17.4. The standard InChI is InChI=1S/C22H25N2/c1-18(19-6-10-21(11-7-19)23-14-2-3-15-23)20-8-12-22(13-9-20)24-16-4-5-17-24/h1,6-13H,2-5,14-17H2. The molecule has 0 saturated carbocycles. The number of anilines is 2. The fourth-order valence-electron chi connectivity index (χ4n) is 3.82. The third-order valence-corrected chi connectivity index (χ3v) is 5.30. The monoisotopic (exact) mass is 317 g/mol. The number of hydrogen-bond acceptors (Lipinski definition) is 2. The average Bonchev–Trinajstić information content (AvgIpc) is 3.35. The van der Waals surface area contributed by atoms with E-state index >= 15 is 0 Å². The first-order valence-corrected chi connectivity index (χ1v) is 9.14. The van der Waals surface area contributed by atoms with Gasteiger partial charge in [-0.05, 0) is 66.6 Å². The van der Waals surface area contributed by atoms with Crippen LogP contribution in [0.25, 0.3) is 5.57 Å². The van der Waals surface area contributed by atoms with Crippen molar-refractivity contribution < 1.29 is 0 Å². The summed E-state index contributed by atoms with van der Waals surface area (Å²) in [5.74, 6) is 0. The minimum Gasteiger partial charge on any atom is -0.372 e. The lowest BCUT2D eigenvalue weighted by Gasteiger charge is -2.19. The number of benzene rings is 2. The van der Waals surface area contributed by atoms with E-state index in [0.29, 0.717) is 0 Å². The highest BCUT2D eigenvalue weighted by atomic mass is 15.1. The first kappa shape index (κ1) is 15.3. The van der Waals surface area contributed by atoms with E-state index < -0.39 is 0 Å². The van der Waals surface area contributed by atoms with Gasteiger partial charge in [0, 0.05) is 37.6 Å². The highest BCUT2D eigenvalue weighted by Crippen LogP contribution is 2.28.